The summed E-state index contributed by atoms with van der Waals surface area (Å²) < 4.78 is 26.9. The highest BCUT2D eigenvalue weighted by molar-refractivity contribution is 5.25. The van der Waals surface area contributed by atoms with Crippen molar-refractivity contribution in [1.29, 1.82) is 0 Å². The molecule has 1 heterocycles. The molecular weight excluding hydrogens is 222 g/mol. The summed E-state index contributed by atoms with van der Waals surface area (Å²) in [6.45, 7) is 3.95. The highest BCUT2D eigenvalue weighted by Crippen LogP contribution is 2.16. The van der Waals surface area contributed by atoms with Crippen molar-refractivity contribution >= 4 is 0 Å². The molecular formula is C13H18F2N2. The van der Waals surface area contributed by atoms with E-state index in [0.717, 1.165) is 25.9 Å². The molecule has 4 heteroatoms. The number of hydrogen-bond donors (Lipinski definition) is 2. The van der Waals surface area contributed by atoms with Gasteiger partial charge in [0.15, 0.2) is 11.6 Å². The van der Waals surface area contributed by atoms with Crippen molar-refractivity contribution in [3.05, 3.63) is 34.9 Å². The molecule has 1 aliphatic rings. The number of halogens is 2. The van der Waals surface area contributed by atoms with Gasteiger partial charge in [-0.2, -0.15) is 0 Å². The molecule has 0 atom stereocenters. The van der Waals surface area contributed by atoms with Crippen molar-refractivity contribution in [2.45, 2.75) is 32.4 Å². The molecule has 94 valence electrons. The van der Waals surface area contributed by atoms with E-state index in [0.29, 0.717) is 23.7 Å². The van der Waals surface area contributed by atoms with E-state index in [9.17, 15) is 8.78 Å². The maximum absolute atomic E-state index is 13.6. The van der Waals surface area contributed by atoms with Gasteiger partial charge >= 0.3 is 0 Å². The summed E-state index contributed by atoms with van der Waals surface area (Å²) in [6.07, 6.45) is 2.08. The fourth-order valence-corrected chi connectivity index (χ4v) is 2.10. The molecule has 0 radical (unpaired) electrons. The molecule has 1 saturated heterocycles. The van der Waals surface area contributed by atoms with Crippen LogP contribution in [-0.4, -0.2) is 19.1 Å². The fourth-order valence-electron chi connectivity index (χ4n) is 2.10. The molecule has 1 aromatic rings. The normalized spacial score (nSPS) is 17.4. The first-order chi connectivity index (χ1) is 8.18. The molecule has 2 nitrogen and oxygen atoms in total. The van der Waals surface area contributed by atoms with Crippen LogP contribution in [0.1, 0.15) is 24.0 Å². The van der Waals surface area contributed by atoms with E-state index in [-0.39, 0.29) is 0 Å². The second-order valence-electron chi connectivity index (χ2n) is 4.57. The molecule has 1 fully saturated rings. The van der Waals surface area contributed by atoms with Gasteiger partial charge in [0.25, 0.3) is 0 Å². The van der Waals surface area contributed by atoms with Crippen LogP contribution in [0.4, 0.5) is 8.78 Å². The van der Waals surface area contributed by atoms with Crippen LogP contribution in [0.3, 0.4) is 0 Å². The number of benzene rings is 1. The third-order valence-corrected chi connectivity index (χ3v) is 3.28. The average molecular weight is 240 g/mol. The lowest BCUT2D eigenvalue weighted by Crippen LogP contribution is -2.39. The summed E-state index contributed by atoms with van der Waals surface area (Å²) >= 11 is 0. The van der Waals surface area contributed by atoms with Crippen molar-refractivity contribution in [3.63, 3.8) is 0 Å². The van der Waals surface area contributed by atoms with Gasteiger partial charge < -0.3 is 10.6 Å². The average Bonchev–Trinajstić information content (AvgIpc) is 2.36. The van der Waals surface area contributed by atoms with Crippen molar-refractivity contribution in [2.24, 2.45) is 0 Å². The second-order valence-corrected chi connectivity index (χ2v) is 4.57. The Bertz CT molecular complexity index is 387. The predicted octanol–water partition coefficient (Wildman–Crippen LogP) is 2.11. The van der Waals surface area contributed by atoms with E-state index < -0.39 is 11.6 Å². The van der Waals surface area contributed by atoms with Crippen LogP contribution in [0.25, 0.3) is 0 Å². The number of aryl methyl sites for hydroxylation is 1. The monoisotopic (exact) mass is 240 g/mol. The Kier molecular flexibility index (Phi) is 4.07. The topological polar surface area (TPSA) is 24.1 Å². The second kappa shape index (κ2) is 5.56. The molecule has 17 heavy (non-hydrogen) atoms. The summed E-state index contributed by atoms with van der Waals surface area (Å²) in [6, 6.07) is 3.68. The SMILES string of the molecule is Cc1ccc(CNC2CCNCC2)c(F)c1F. The summed E-state index contributed by atoms with van der Waals surface area (Å²) in [4.78, 5) is 0. The summed E-state index contributed by atoms with van der Waals surface area (Å²) in [7, 11) is 0. The minimum absolute atomic E-state index is 0.355. The zero-order chi connectivity index (χ0) is 12.3. The van der Waals surface area contributed by atoms with E-state index >= 15 is 0 Å². The lowest BCUT2D eigenvalue weighted by molar-refractivity contribution is 0.381. The van der Waals surface area contributed by atoms with Crippen LogP contribution >= 0.6 is 0 Å². The number of piperidine rings is 1. The molecule has 1 aliphatic heterocycles. The minimum atomic E-state index is -0.727. The Balaban J connectivity index is 1.96. The third-order valence-electron chi connectivity index (χ3n) is 3.28. The highest BCUT2D eigenvalue weighted by atomic mass is 19.2. The number of rotatable bonds is 3. The van der Waals surface area contributed by atoms with E-state index in [2.05, 4.69) is 10.6 Å². The molecule has 0 unspecified atom stereocenters. The van der Waals surface area contributed by atoms with Crippen molar-refractivity contribution in [3.8, 4) is 0 Å². The van der Waals surface area contributed by atoms with Crippen LogP contribution in [0.2, 0.25) is 0 Å². The van der Waals surface area contributed by atoms with Crippen LogP contribution in [-0.2, 0) is 6.54 Å². The molecule has 0 aromatic heterocycles. The predicted molar refractivity (Wildman–Crippen MR) is 63.8 cm³/mol. The maximum atomic E-state index is 13.6. The Morgan fingerprint density at radius 3 is 2.65 bits per heavy atom. The van der Waals surface area contributed by atoms with E-state index in [1.165, 1.54) is 0 Å². The molecule has 0 bridgehead atoms. The van der Waals surface area contributed by atoms with E-state index in [4.69, 9.17) is 0 Å². The van der Waals surface area contributed by atoms with Gasteiger partial charge in [0.2, 0.25) is 0 Å². The fraction of sp³-hybridized carbons (Fsp3) is 0.538. The molecule has 1 aromatic carbocycles. The van der Waals surface area contributed by atoms with Crippen LogP contribution < -0.4 is 10.6 Å². The zero-order valence-corrected chi connectivity index (χ0v) is 10.0. The Morgan fingerprint density at radius 2 is 1.94 bits per heavy atom. The highest BCUT2D eigenvalue weighted by Gasteiger charge is 2.14. The van der Waals surface area contributed by atoms with Crippen LogP contribution in [0.15, 0.2) is 12.1 Å². The Morgan fingerprint density at radius 1 is 1.24 bits per heavy atom. The molecule has 2 N–H and O–H groups in total. The largest absolute Gasteiger partial charge is 0.317 e. The van der Waals surface area contributed by atoms with Gasteiger partial charge in [0.1, 0.15) is 0 Å². The van der Waals surface area contributed by atoms with Gasteiger partial charge in [-0.3, -0.25) is 0 Å². The first-order valence-electron chi connectivity index (χ1n) is 6.06. The van der Waals surface area contributed by atoms with Gasteiger partial charge in [0, 0.05) is 18.2 Å². The van der Waals surface area contributed by atoms with E-state index in [1.54, 1.807) is 19.1 Å². The summed E-state index contributed by atoms with van der Waals surface area (Å²) in [5.41, 5.74) is 0.764. The first kappa shape index (κ1) is 12.5. The van der Waals surface area contributed by atoms with Crippen molar-refractivity contribution in [1.82, 2.24) is 10.6 Å². The Labute approximate surface area is 100 Å². The lowest BCUT2D eigenvalue weighted by Gasteiger charge is -2.24. The van der Waals surface area contributed by atoms with Gasteiger partial charge in [-0.25, -0.2) is 8.78 Å². The third kappa shape index (κ3) is 3.01. The number of hydrogen-bond acceptors (Lipinski definition) is 2. The molecule has 0 amide bonds. The molecule has 0 saturated carbocycles. The quantitative estimate of drug-likeness (QED) is 0.845. The summed E-state index contributed by atoms with van der Waals surface area (Å²) in [5, 5.41) is 6.55. The molecule has 0 aliphatic carbocycles. The van der Waals surface area contributed by atoms with E-state index in [1.807, 2.05) is 0 Å². The standard InChI is InChI=1S/C13H18F2N2/c1-9-2-3-10(13(15)12(9)14)8-17-11-4-6-16-7-5-11/h2-3,11,16-17H,4-8H2,1H3. The van der Waals surface area contributed by atoms with Crippen LogP contribution in [0.5, 0.6) is 0 Å². The van der Waals surface area contributed by atoms with Gasteiger partial charge in [0.05, 0.1) is 0 Å². The van der Waals surface area contributed by atoms with Gasteiger partial charge in [-0.15, -0.1) is 0 Å². The zero-order valence-electron chi connectivity index (χ0n) is 10.0. The van der Waals surface area contributed by atoms with Crippen LogP contribution in [0, 0.1) is 18.6 Å². The molecule has 0 spiro atoms. The summed E-state index contributed by atoms with van der Waals surface area (Å²) in [5.74, 6) is -1.44. The van der Waals surface area contributed by atoms with Crippen molar-refractivity contribution < 1.29 is 8.78 Å². The molecule has 2 rings (SSSR count). The maximum Gasteiger partial charge on any atom is 0.163 e. The van der Waals surface area contributed by atoms with Crippen molar-refractivity contribution in [2.75, 3.05) is 13.1 Å². The van der Waals surface area contributed by atoms with Gasteiger partial charge in [-0.1, -0.05) is 12.1 Å². The smallest absolute Gasteiger partial charge is 0.163 e. The Hall–Kier alpha value is -1.00. The first-order valence-corrected chi connectivity index (χ1v) is 6.06. The lowest BCUT2D eigenvalue weighted by atomic mass is 10.1. The minimum Gasteiger partial charge on any atom is -0.317 e. The van der Waals surface area contributed by atoms with Gasteiger partial charge in [-0.05, 0) is 38.4 Å². The number of nitrogens with one attached hydrogen (secondary N) is 2.